The lowest BCUT2D eigenvalue weighted by atomic mass is 9.76. The molecule has 5 heteroatoms. The minimum absolute atomic E-state index is 0.505. The van der Waals surface area contributed by atoms with Crippen LogP contribution >= 0.6 is 0 Å². The molecule has 1 aliphatic carbocycles. The molecular formula is C22H25N3O2. The van der Waals surface area contributed by atoms with Crippen molar-refractivity contribution >= 4 is 17.9 Å². The zero-order valence-corrected chi connectivity index (χ0v) is 15.5. The van der Waals surface area contributed by atoms with Crippen molar-refractivity contribution in [3.8, 4) is 0 Å². The highest BCUT2D eigenvalue weighted by Crippen LogP contribution is 2.38. The molecule has 1 aromatic carbocycles. The second kappa shape index (κ2) is 7.51. The van der Waals surface area contributed by atoms with Gasteiger partial charge in [0.2, 0.25) is 0 Å². The van der Waals surface area contributed by atoms with Crippen molar-refractivity contribution in [1.82, 2.24) is 9.97 Å². The van der Waals surface area contributed by atoms with Gasteiger partial charge in [0.15, 0.2) is 0 Å². The Kier molecular flexibility index (Phi) is 4.92. The molecule has 2 aliphatic rings. The highest BCUT2D eigenvalue weighted by molar-refractivity contribution is 5.76. The molecule has 0 amide bonds. The number of aliphatic carboxylic acids is 1. The number of fused-ring (bicyclic) bond motifs is 1. The Morgan fingerprint density at radius 1 is 1.19 bits per heavy atom. The van der Waals surface area contributed by atoms with Crippen molar-refractivity contribution in [2.24, 2.45) is 5.41 Å². The average molecular weight is 363 g/mol. The first-order valence-corrected chi connectivity index (χ1v) is 9.71. The number of nitrogens with zero attached hydrogens (tertiary/aromatic N) is 3. The lowest BCUT2D eigenvalue weighted by Gasteiger charge is -2.40. The quantitative estimate of drug-likeness (QED) is 0.876. The van der Waals surface area contributed by atoms with Gasteiger partial charge in [-0.05, 0) is 44.1 Å². The van der Waals surface area contributed by atoms with E-state index in [1.54, 1.807) is 6.33 Å². The maximum Gasteiger partial charge on any atom is 0.311 e. The Hall–Kier alpha value is -2.69. The van der Waals surface area contributed by atoms with Crippen LogP contribution in [0.25, 0.3) is 6.08 Å². The van der Waals surface area contributed by atoms with E-state index in [1.165, 1.54) is 5.56 Å². The maximum atomic E-state index is 12.2. The van der Waals surface area contributed by atoms with Gasteiger partial charge in [-0.25, -0.2) is 9.97 Å². The van der Waals surface area contributed by atoms with Gasteiger partial charge < -0.3 is 10.0 Å². The Bertz CT molecular complexity index is 850. The predicted octanol–water partition coefficient (Wildman–Crippen LogP) is 3.74. The fourth-order valence-corrected chi connectivity index (χ4v) is 4.34. The summed E-state index contributed by atoms with van der Waals surface area (Å²) in [6, 6.07) is 10.0. The second-order valence-corrected chi connectivity index (χ2v) is 7.60. The molecule has 2 heterocycles. The largest absolute Gasteiger partial charge is 0.481 e. The van der Waals surface area contributed by atoms with Gasteiger partial charge >= 0.3 is 5.97 Å². The number of allylic oxidation sites excluding steroid dienone is 1. The highest BCUT2D eigenvalue weighted by atomic mass is 16.4. The third-order valence-corrected chi connectivity index (χ3v) is 5.80. The molecule has 0 spiro atoms. The molecule has 27 heavy (non-hydrogen) atoms. The summed E-state index contributed by atoms with van der Waals surface area (Å²) in [7, 11) is 0. The minimum atomic E-state index is -0.764. The SMILES string of the molecule is O=C(O)C1(CC=Cc2ccccc2)CCCN(c2ncnc3c2CCC3)C1. The summed E-state index contributed by atoms with van der Waals surface area (Å²) in [4.78, 5) is 23.4. The number of anilines is 1. The molecule has 1 N–H and O–H groups in total. The van der Waals surface area contributed by atoms with E-state index in [9.17, 15) is 9.90 Å². The lowest BCUT2D eigenvalue weighted by Crippen LogP contribution is -2.48. The minimum Gasteiger partial charge on any atom is -0.481 e. The molecule has 5 nitrogen and oxygen atoms in total. The second-order valence-electron chi connectivity index (χ2n) is 7.60. The third kappa shape index (κ3) is 3.59. The van der Waals surface area contributed by atoms with Crippen LogP contribution in [0.5, 0.6) is 0 Å². The van der Waals surface area contributed by atoms with Gasteiger partial charge in [0, 0.05) is 24.3 Å². The number of rotatable bonds is 5. The Morgan fingerprint density at radius 3 is 2.85 bits per heavy atom. The summed E-state index contributed by atoms with van der Waals surface area (Å²) in [5, 5.41) is 10.1. The zero-order valence-electron chi connectivity index (χ0n) is 15.5. The van der Waals surface area contributed by atoms with Crippen molar-refractivity contribution in [1.29, 1.82) is 0 Å². The summed E-state index contributed by atoms with van der Waals surface area (Å²) >= 11 is 0. The number of carbonyl (C=O) groups is 1. The number of piperidine rings is 1. The van der Waals surface area contributed by atoms with Crippen LogP contribution in [0.1, 0.15) is 42.5 Å². The maximum absolute atomic E-state index is 12.2. The lowest BCUT2D eigenvalue weighted by molar-refractivity contribution is -0.149. The first-order valence-electron chi connectivity index (χ1n) is 9.71. The summed E-state index contributed by atoms with van der Waals surface area (Å²) in [5.41, 5.74) is 2.69. The molecular weight excluding hydrogens is 338 g/mol. The Labute approximate surface area is 159 Å². The first kappa shape index (κ1) is 17.7. The van der Waals surface area contributed by atoms with E-state index in [0.29, 0.717) is 19.4 Å². The van der Waals surface area contributed by atoms with E-state index in [2.05, 4.69) is 14.9 Å². The molecule has 2 aromatic rings. The van der Waals surface area contributed by atoms with E-state index in [1.807, 2.05) is 42.5 Å². The van der Waals surface area contributed by atoms with E-state index in [4.69, 9.17) is 0 Å². The van der Waals surface area contributed by atoms with Gasteiger partial charge in [0.05, 0.1) is 5.41 Å². The van der Waals surface area contributed by atoms with Crippen LogP contribution in [-0.4, -0.2) is 34.1 Å². The van der Waals surface area contributed by atoms with E-state index < -0.39 is 11.4 Å². The fourth-order valence-electron chi connectivity index (χ4n) is 4.34. The Balaban J connectivity index is 1.55. The van der Waals surface area contributed by atoms with Crippen molar-refractivity contribution < 1.29 is 9.90 Å². The molecule has 140 valence electrons. The van der Waals surface area contributed by atoms with Gasteiger partial charge in [0.1, 0.15) is 12.1 Å². The number of aryl methyl sites for hydroxylation is 1. The van der Waals surface area contributed by atoms with Crippen LogP contribution < -0.4 is 4.90 Å². The van der Waals surface area contributed by atoms with Crippen LogP contribution in [0.4, 0.5) is 5.82 Å². The molecule has 1 fully saturated rings. The van der Waals surface area contributed by atoms with Crippen LogP contribution in [0.2, 0.25) is 0 Å². The monoisotopic (exact) mass is 363 g/mol. The topological polar surface area (TPSA) is 66.3 Å². The van der Waals surface area contributed by atoms with E-state index in [0.717, 1.165) is 49.3 Å². The number of hydrogen-bond acceptors (Lipinski definition) is 4. The van der Waals surface area contributed by atoms with Gasteiger partial charge in [-0.15, -0.1) is 0 Å². The molecule has 4 rings (SSSR count). The smallest absolute Gasteiger partial charge is 0.311 e. The molecule has 1 saturated heterocycles. The van der Waals surface area contributed by atoms with Gasteiger partial charge in [-0.1, -0.05) is 42.5 Å². The molecule has 1 aliphatic heterocycles. The predicted molar refractivity (Wildman–Crippen MR) is 106 cm³/mol. The van der Waals surface area contributed by atoms with Crippen molar-refractivity contribution in [3.05, 3.63) is 59.6 Å². The highest BCUT2D eigenvalue weighted by Gasteiger charge is 2.42. The molecule has 1 aromatic heterocycles. The van der Waals surface area contributed by atoms with Gasteiger partial charge in [0.25, 0.3) is 0 Å². The number of aromatic nitrogens is 2. The van der Waals surface area contributed by atoms with E-state index >= 15 is 0 Å². The number of benzene rings is 1. The Morgan fingerprint density at radius 2 is 2.04 bits per heavy atom. The van der Waals surface area contributed by atoms with Crippen molar-refractivity contribution in [3.63, 3.8) is 0 Å². The average Bonchev–Trinajstić information content (AvgIpc) is 3.18. The van der Waals surface area contributed by atoms with Crippen molar-refractivity contribution in [2.45, 2.75) is 38.5 Å². The first-order chi connectivity index (χ1) is 13.2. The number of hydrogen-bond donors (Lipinski definition) is 1. The standard InChI is InChI=1S/C22H25N3O2/c26-21(27)22(12-5-9-17-7-2-1-3-8-17)13-6-14-25(15-22)20-18-10-4-11-19(18)23-16-24-20/h1-3,5,7-9,16H,4,6,10-15H2,(H,26,27). The van der Waals surface area contributed by atoms with Crippen LogP contribution in [-0.2, 0) is 17.6 Å². The third-order valence-electron chi connectivity index (χ3n) is 5.80. The molecule has 1 atom stereocenters. The normalized spacial score (nSPS) is 22.1. The summed E-state index contributed by atoms with van der Waals surface area (Å²) < 4.78 is 0. The summed E-state index contributed by atoms with van der Waals surface area (Å²) in [5.74, 6) is 0.241. The van der Waals surface area contributed by atoms with Gasteiger partial charge in [-0.2, -0.15) is 0 Å². The van der Waals surface area contributed by atoms with Crippen LogP contribution in [0.3, 0.4) is 0 Å². The van der Waals surface area contributed by atoms with Crippen LogP contribution in [0.15, 0.2) is 42.7 Å². The molecule has 0 radical (unpaired) electrons. The number of carboxylic acid groups (broad SMARTS) is 1. The molecule has 0 saturated carbocycles. The molecule has 0 bridgehead atoms. The van der Waals surface area contributed by atoms with Crippen molar-refractivity contribution in [2.75, 3.05) is 18.0 Å². The summed E-state index contributed by atoms with van der Waals surface area (Å²) in [6.07, 6.45) is 10.9. The zero-order chi connectivity index (χ0) is 18.7. The van der Waals surface area contributed by atoms with Gasteiger partial charge in [-0.3, -0.25) is 4.79 Å². The summed E-state index contributed by atoms with van der Waals surface area (Å²) in [6.45, 7) is 1.37. The molecule has 1 unspecified atom stereocenters. The number of carboxylic acids is 1. The fraction of sp³-hybridized carbons (Fsp3) is 0.409. The van der Waals surface area contributed by atoms with Crippen LogP contribution in [0, 0.1) is 5.41 Å². The van der Waals surface area contributed by atoms with E-state index in [-0.39, 0.29) is 0 Å².